The summed E-state index contributed by atoms with van der Waals surface area (Å²) in [7, 11) is 0. The van der Waals surface area contributed by atoms with Gasteiger partial charge in [-0.05, 0) is 5.41 Å². The summed E-state index contributed by atoms with van der Waals surface area (Å²) in [5.41, 5.74) is 2.40. The fraction of sp³-hybridized carbons (Fsp3) is 0.500. The monoisotopic (exact) mass is 321 g/mol. The number of rotatable bonds is 1. The maximum absolute atomic E-state index is 12.2. The van der Waals surface area contributed by atoms with Crippen molar-refractivity contribution >= 4 is 5.78 Å². The molecular weight excluding hydrogens is 301 g/mol. The molecule has 3 heteroatoms. The average Bonchev–Trinajstić information content (AvgIpc) is 2.18. The molecule has 1 radical (unpaired) electrons. The first-order valence-electron chi connectivity index (χ1n) is 5.43. The molecule has 1 aromatic carbocycles. The number of aryl methyl sites for hydroxylation is 1. The molecule has 0 aliphatic heterocycles. The first-order chi connectivity index (χ1) is 7.16. The Labute approximate surface area is 116 Å². The average molecular weight is 320 g/mol. The van der Waals surface area contributed by atoms with Crippen LogP contribution in [0.5, 0.6) is 5.75 Å². The van der Waals surface area contributed by atoms with Crippen LogP contribution in [0.25, 0.3) is 0 Å². The van der Waals surface area contributed by atoms with Crippen LogP contribution in [0.1, 0.15) is 47.8 Å². The van der Waals surface area contributed by atoms with Gasteiger partial charge in [0.2, 0.25) is 0 Å². The second-order valence-corrected chi connectivity index (χ2v) is 5.30. The molecule has 0 unspecified atom stereocenters. The van der Waals surface area contributed by atoms with Gasteiger partial charge < -0.3 is 9.90 Å². The van der Waals surface area contributed by atoms with Gasteiger partial charge in [0.15, 0.2) is 0 Å². The largest absolute Gasteiger partial charge is 1.00 e. The molecule has 0 bridgehead atoms. The van der Waals surface area contributed by atoms with Crippen molar-refractivity contribution in [2.24, 2.45) is 5.41 Å². The molecule has 17 heavy (non-hydrogen) atoms. The Bertz CT molecular complexity index is 443. The first-order valence-corrected chi connectivity index (χ1v) is 5.43. The Morgan fingerprint density at radius 3 is 2.00 bits per heavy atom. The predicted octanol–water partition coefficient (Wildman–Crippen LogP) is 3.34. The zero-order valence-electron chi connectivity index (χ0n) is 11.2. The van der Waals surface area contributed by atoms with Crippen molar-refractivity contribution in [3.8, 4) is 5.75 Å². The number of aromatic hydroxyl groups is 1. The van der Waals surface area contributed by atoms with Crippen LogP contribution in [0.2, 0.25) is 0 Å². The minimum Gasteiger partial charge on any atom is -0.551 e. The second-order valence-electron chi connectivity index (χ2n) is 5.30. The zero-order chi connectivity index (χ0) is 12.7. The van der Waals surface area contributed by atoms with Crippen LogP contribution in [-0.2, 0) is 19.5 Å². The van der Waals surface area contributed by atoms with E-state index in [0.29, 0.717) is 11.1 Å². The van der Waals surface area contributed by atoms with E-state index >= 15 is 0 Å². The molecule has 2 nitrogen and oxygen atoms in total. The molecule has 1 aromatic rings. The first kappa shape index (κ1) is 16.3. The Kier molecular flexibility index (Phi) is 5.09. The van der Waals surface area contributed by atoms with Crippen molar-refractivity contribution in [3.05, 3.63) is 28.3 Å². The number of phenols is 1. The summed E-state index contributed by atoms with van der Waals surface area (Å²) in [5.74, 6) is 0.305. The Morgan fingerprint density at radius 2 is 1.59 bits per heavy atom. The second kappa shape index (κ2) is 5.31. The van der Waals surface area contributed by atoms with Crippen LogP contribution in [0, 0.1) is 32.3 Å². The van der Waals surface area contributed by atoms with Gasteiger partial charge in [0.25, 0.3) is 0 Å². The topological polar surface area (TPSA) is 37.3 Å². The van der Waals surface area contributed by atoms with Gasteiger partial charge in [-0.15, -0.1) is 17.2 Å². The summed E-state index contributed by atoms with van der Waals surface area (Å²) in [5, 5.41) is 9.75. The van der Waals surface area contributed by atoms with Gasteiger partial charge in [0, 0.05) is 5.75 Å². The molecule has 0 atom stereocenters. The van der Waals surface area contributed by atoms with E-state index in [9.17, 15) is 9.90 Å². The van der Waals surface area contributed by atoms with Crippen molar-refractivity contribution in [2.75, 3.05) is 0 Å². The zero-order valence-corrected chi connectivity index (χ0v) is 12.9. The smallest absolute Gasteiger partial charge is 0.551 e. The summed E-state index contributed by atoms with van der Waals surface area (Å²) in [4.78, 5) is 12.2. The van der Waals surface area contributed by atoms with E-state index in [4.69, 9.17) is 0 Å². The number of hydrogen-bond acceptors (Lipinski definition) is 2. The minimum absolute atomic E-state index is 0. The number of hydrogen-bond donors (Lipinski definition) is 1. The molecule has 0 saturated carbocycles. The predicted molar refractivity (Wildman–Crippen MR) is 64.9 cm³/mol. The van der Waals surface area contributed by atoms with E-state index in [1.54, 1.807) is 6.92 Å². The van der Waals surface area contributed by atoms with Crippen molar-refractivity contribution in [3.63, 3.8) is 0 Å². The maximum Gasteiger partial charge on any atom is 1.00 e. The Balaban J connectivity index is 0.00000256. The van der Waals surface area contributed by atoms with Crippen molar-refractivity contribution in [1.29, 1.82) is 0 Å². The number of carbonyl (C=O) groups excluding carboxylic acids is 1. The number of ketones is 1. The Hall–Kier alpha value is -0.687. The third-order valence-electron chi connectivity index (χ3n) is 2.87. The third kappa shape index (κ3) is 3.16. The van der Waals surface area contributed by atoms with Crippen molar-refractivity contribution < 1.29 is 29.4 Å². The van der Waals surface area contributed by atoms with E-state index in [-0.39, 0.29) is 31.0 Å². The van der Waals surface area contributed by atoms with Crippen LogP contribution < -0.4 is 0 Å². The van der Waals surface area contributed by atoms with Gasteiger partial charge in [0.05, 0.1) is 5.78 Å². The molecule has 0 spiro atoms. The molecule has 0 amide bonds. The van der Waals surface area contributed by atoms with Gasteiger partial charge in [-0.1, -0.05) is 52.7 Å². The van der Waals surface area contributed by atoms with Gasteiger partial charge in [-0.2, -0.15) is 0 Å². The molecular formula is C14H19O2Ru. The van der Waals surface area contributed by atoms with Crippen LogP contribution in [0.15, 0.2) is 0 Å². The van der Waals surface area contributed by atoms with Crippen LogP contribution in [0.4, 0.5) is 0 Å². The van der Waals surface area contributed by atoms with E-state index in [2.05, 4.69) is 6.07 Å². The maximum atomic E-state index is 12.2. The van der Waals surface area contributed by atoms with Crippen molar-refractivity contribution in [2.45, 2.75) is 41.5 Å². The fourth-order valence-electron chi connectivity index (χ4n) is 1.59. The van der Waals surface area contributed by atoms with E-state index in [0.717, 1.165) is 11.1 Å². The quantitative estimate of drug-likeness (QED) is 0.489. The van der Waals surface area contributed by atoms with Crippen LogP contribution >= 0.6 is 0 Å². The van der Waals surface area contributed by atoms with Crippen LogP contribution in [-0.4, -0.2) is 10.9 Å². The summed E-state index contributed by atoms with van der Waals surface area (Å²) < 4.78 is 0. The molecule has 0 heterocycles. The summed E-state index contributed by atoms with van der Waals surface area (Å²) in [6.45, 7) is 11.1. The molecule has 0 aliphatic carbocycles. The number of benzene rings is 1. The summed E-state index contributed by atoms with van der Waals surface area (Å²) >= 11 is 0. The summed E-state index contributed by atoms with van der Waals surface area (Å²) in [6.07, 6.45) is 0. The fourth-order valence-corrected chi connectivity index (χ4v) is 1.59. The number of phenolic OH excluding ortho intramolecular Hbond substituents is 1. The molecule has 0 aromatic heterocycles. The Morgan fingerprint density at radius 1 is 1.12 bits per heavy atom. The van der Waals surface area contributed by atoms with E-state index in [1.807, 2.05) is 34.6 Å². The molecule has 1 rings (SSSR count). The molecule has 95 valence electrons. The number of Topliss-reactive ketones (excluding diaryl/α,β-unsaturated/α-hetero) is 1. The third-order valence-corrected chi connectivity index (χ3v) is 2.87. The molecule has 0 aliphatic rings. The molecule has 0 saturated heterocycles. The minimum atomic E-state index is -0.420. The van der Waals surface area contributed by atoms with Crippen LogP contribution in [0.3, 0.4) is 0 Å². The van der Waals surface area contributed by atoms with Gasteiger partial charge >= 0.3 is 19.5 Å². The summed E-state index contributed by atoms with van der Waals surface area (Å²) in [6, 6.07) is 2.99. The van der Waals surface area contributed by atoms with Gasteiger partial charge in [-0.3, -0.25) is 0 Å². The molecule has 1 N–H and O–H groups in total. The standard InChI is InChI=1S/C14H19O2.Ru/c1-8-7-11(13(16)14(4,5)6)9(2)10(3)12(8)15;/h15H,1-6H3;/q-1;+1. The SMILES string of the molecule is Cc1[c-]c(C(=O)C(C)(C)C)c(C)c(C)c1O.[Ru+]. The van der Waals surface area contributed by atoms with Gasteiger partial charge in [0.1, 0.15) is 0 Å². The van der Waals surface area contributed by atoms with E-state index in [1.165, 1.54) is 0 Å². The van der Waals surface area contributed by atoms with Crippen molar-refractivity contribution in [1.82, 2.24) is 0 Å². The van der Waals surface area contributed by atoms with Gasteiger partial charge in [-0.25, -0.2) is 0 Å². The molecule has 0 fully saturated rings. The van der Waals surface area contributed by atoms with E-state index < -0.39 is 5.41 Å². The normalized spacial score (nSPS) is 10.9. The number of carbonyl (C=O) groups is 1.